The quantitative estimate of drug-likeness (QED) is 0.848. The zero-order chi connectivity index (χ0) is 13.8. The molecule has 4 heteroatoms. The molecule has 1 atom stereocenters. The minimum absolute atomic E-state index is 0.0460. The van der Waals surface area contributed by atoms with Gasteiger partial charge in [-0.1, -0.05) is 24.3 Å². The third-order valence-corrected chi connectivity index (χ3v) is 4.15. The molecule has 1 aliphatic carbocycles. The Morgan fingerprint density at radius 3 is 2.95 bits per heavy atom. The van der Waals surface area contributed by atoms with Gasteiger partial charge in [-0.2, -0.15) is 0 Å². The Kier molecular flexibility index (Phi) is 4.33. The molecule has 1 unspecified atom stereocenters. The van der Waals surface area contributed by atoms with Crippen LogP contribution >= 0.6 is 0 Å². The first-order valence-electron chi connectivity index (χ1n) is 7.53. The zero-order valence-corrected chi connectivity index (χ0v) is 11.8. The van der Waals surface area contributed by atoms with Crippen LogP contribution in [0.15, 0.2) is 24.3 Å². The van der Waals surface area contributed by atoms with E-state index in [1.807, 2.05) is 6.07 Å². The van der Waals surface area contributed by atoms with Gasteiger partial charge in [0.25, 0.3) is 0 Å². The summed E-state index contributed by atoms with van der Waals surface area (Å²) in [6, 6.07) is 8.33. The fraction of sp³-hybridized carbons (Fsp3) is 0.562. The van der Waals surface area contributed by atoms with Gasteiger partial charge in [0, 0.05) is 26.2 Å². The number of esters is 1. The van der Waals surface area contributed by atoms with E-state index in [0.717, 1.165) is 45.4 Å². The van der Waals surface area contributed by atoms with Crippen molar-refractivity contribution < 1.29 is 9.53 Å². The molecule has 0 radical (unpaired) electrons. The number of fused-ring (bicyclic) bond motifs is 1. The number of aryl methyl sites for hydroxylation is 1. The molecule has 0 saturated carbocycles. The molecule has 2 aliphatic rings. The Morgan fingerprint density at radius 1 is 1.30 bits per heavy atom. The number of carbonyl (C=O) groups is 1. The predicted octanol–water partition coefficient (Wildman–Crippen LogP) is 1.51. The lowest BCUT2D eigenvalue weighted by molar-refractivity contribution is -0.151. The van der Waals surface area contributed by atoms with E-state index in [1.165, 1.54) is 11.1 Å². The van der Waals surface area contributed by atoms with Crippen LogP contribution in [0.3, 0.4) is 0 Å². The van der Waals surface area contributed by atoms with Crippen molar-refractivity contribution in [3.8, 4) is 0 Å². The van der Waals surface area contributed by atoms with Crippen molar-refractivity contribution in [2.45, 2.75) is 25.4 Å². The van der Waals surface area contributed by atoms with E-state index in [2.05, 4.69) is 28.4 Å². The highest BCUT2D eigenvalue weighted by molar-refractivity contribution is 5.72. The number of benzene rings is 1. The summed E-state index contributed by atoms with van der Waals surface area (Å²) in [5.74, 6) is -0.0893. The fourth-order valence-corrected chi connectivity index (χ4v) is 3.08. The Labute approximate surface area is 120 Å². The smallest absolute Gasteiger partial charge is 0.320 e. The number of piperazine rings is 1. The average molecular weight is 274 g/mol. The lowest BCUT2D eigenvalue weighted by Crippen LogP contribution is -2.45. The van der Waals surface area contributed by atoms with Crippen LogP contribution in [0.2, 0.25) is 0 Å². The van der Waals surface area contributed by atoms with Crippen molar-refractivity contribution in [1.29, 1.82) is 0 Å². The maximum atomic E-state index is 12.1. The van der Waals surface area contributed by atoms with Crippen molar-refractivity contribution in [3.63, 3.8) is 0 Å². The lowest BCUT2D eigenvalue weighted by Gasteiger charge is -2.29. The summed E-state index contributed by atoms with van der Waals surface area (Å²) in [6.45, 7) is 4.19. The summed E-state index contributed by atoms with van der Waals surface area (Å²) in [6.07, 6.45) is 3.10. The highest BCUT2D eigenvalue weighted by Gasteiger charge is 2.24. The fourth-order valence-electron chi connectivity index (χ4n) is 3.08. The van der Waals surface area contributed by atoms with Crippen LogP contribution in [0.25, 0.3) is 0 Å². The third kappa shape index (κ3) is 3.19. The molecule has 1 aromatic carbocycles. The molecular formula is C16H22N2O2. The second-order valence-corrected chi connectivity index (χ2v) is 5.60. The first-order chi connectivity index (χ1) is 9.83. The van der Waals surface area contributed by atoms with Gasteiger partial charge in [0.15, 0.2) is 0 Å². The van der Waals surface area contributed by atoms with Gasteiger partial charge in [-0.05, 0) is 30.4 Å². The summed E-state index contributed by atoms with van der Waals surface area (Å²) in [4.78, 5) is 14.3. The van der Waals surface area contributed by atoms with E-state index >= 15 is 0 Å². The van der Waals surface area contributed by atoms with E-state index in [-0.39, 0.29) is 12.1 Å². The topological polar surface area (TPSA) is 41.6 Å². The number of rotatable bonds is 3. The Balaban J connectivity index is 1.59. The van der Waals surface area contributed by atoms with E-state index in [9.17, 15) is 4.79 Å². The minimum atomic E-state index is -0.0893. The van der Waals surface area contributed by atoms with E-state index in [1.54, 1.807) is 0 Å². The van der Waals surface area contributed by atoms with Crippen molar-refractivity contribution in [2.24, 2.45) is 0 Å². The van der Waals surface area contributed by atoms with Crippen LogP contribution in [0.1, 0.15) is 30.1 Å². The molecule has 3 rings (SSSR count). The van der Waals surface area contributed by atoms with Gasteiger partial charge in [0.05, 0.1) is 6.54 Å². The summed E-state index contributed by atoms with van der Waals surface area (Å²) in [5, 5.41) is 3.29. The summed E-state index contributed by atoms with van der Waals surface area (Å²) in [7, 11) is 0. The summed E-state index contributed by atoms with van der Waals surface area (Å²) < 4.78 is 5.72. The second-order valence-electron chi connectivity index (χ2n) is 5.60. The van der Waals surface area contributed by atoms with Crippen LogP contribution in [-0.2, 0) is 16.0 Å². The van der Waals surface area contributed by atoms with Crippen molar-refractivity contribution in [1.82, 2.24) is 10.2 Å². The molecule has 1 heterocycles. The Bertz CT molecular complexity index is 469. The Morgan fingerprint density at radius 2 is 2.10 bits per heavy atom. The van der Waals surface area contributed by atoms with Gasteiger partial charge in [0.1, 0.15) is 6.10 Å². The summed E-state index contributed by atoms with van der Waals surface area (Å²) >= 11 is 0. The molecule has 0 amide bonds. The lowest BCUT2D eigenvalue weighted by atomic mass is 9.89. The first kappa shape index (κ1) is 13.6. The molecule has 0 aromatic heterocycles. The number of hydrogen-bond donors (Lipinski definition) is 1. The zero-order valence-electron chi connectivity index (χ0n) is 11.8. The van der Waals surface area contributed by atoms with E-state index in [0.29, 0.717) is 6.54 Å². The molecular weight excluding hydrogens is 252 g/mol. The third-order valence-electron chi connectivity index (χ3n) is 4.15. The van der Waals surface area contributed by atoms with Crippen molar-refractivity contribution in [2.75, 3.05) is 32.7 Å². The first-order valence-corrected chi connectivity index (χ1v) is 7.53. The van der Waals surface area contributed by atoms with E-state index < -0.39 is 0 Å². The van der Waals surface area contributed by atoms with Crippen LogP contribution in [0.5, 0.6) is 0 Å². The van der Waals surface area contributed by atoms with Gasteiger partial charge in [0.2, 0.25) is 0 Å². The molecule has 4 nitrogen and oxygen atoms in total. The average Bonchev–Trinajstić information content (AvgIpc) is 2.48. The van der Waals surface area contributed by atoms with Crippen LogP contribution < -0.4 is 5.32 Å². The van der Waals surface area contributed by atoms with E-state index in [4.69, 9.17) is 4.74 Å². The number of ether oxygens (including phenoxy) is 1. The molecule has 1 saturated heterocycles. The molecule has 108 valence electrons. The molecule has 1 N–H and O–H groups in total. The van der Waals surface area contributed by atoms with Gasteiger partial charge >= 0.3 is 5.97 Å². The van der Waals surface area contributed by atoms with Crippen LogP contribution in [-0.4, -0.2) is 43.6 Å². The number of hydrogen-bond acceptors (Lipinski definition) is 4. The monoisotopic (exact) mass is 274 g/mol. The number of carbonyl (C=O) groups excluding carboxylic acids is 1. The van der Waals surface area contributed by atoms with Gasteiger partial charge in [-0.3, -0.25) is 9.69 Å². The molecule has 0 bridgehead atoms. The molecule has 0 spiro atoms. The minimum Gasteiger partial charge on any atom is -0.457 e. The standard InChI is InChI=1S/C16H22N2O2/c19-16(12-18-10-8-17-9-11-18)20-15-7-3-5-13-4-1-2-6-14(13)15/h1-2,4,6,15,17H,3,5,7-12H2. The normalized spacial score (nSPS) is 23.1. The maximum Gasteiger partial charge on any atom is 0.320 e. The van der Waals surface area contributed by atoms with Crippen molar-refractivity contribution in [3.05, 3.63) is 35.4 Å². The van der Waals surface area contributed by atoms with Crippen LogP contribution in [0, 0.1) is 0 Å². The molecule has 20 heavy (non-hydrogen) atoms. The highest BCUT2D eigenvalue weighted by atomic mass is 16.5. The van der Waals surface area contributed by atoms with Gasteiger partial charge < -0.3 is 10.1 Å². The molecule has 1 aliphatic heterocycles. The molecule has 1 aromatic rings. The van der Waals surface area contributed by atoms with Gasteiger partial charge in [-0.15, -0.1) is 0 Å². The second kappa shape index (κ2) is 6.37. The maximum absolute atomic E-state index is 12.1. The van der Waals surface area contributed by atoms with Gasteiger partial charge in [-0.25, -0.2) is 0 Å². The Hall–Kier alpha value is -1.39. The summed E-state index contributed by atoms with van der Waals surface area (Å²) in [5.41, 5.74) is 2.53. The SMILES string of the molecule is O=C(CN1CCNCC1)OC1CCCc2ccccc21. The largest absolute Gasteiger partial charge is 0.457 e. The van der Waals surface area contributed by atoms with Crippen molar-refractivity contribution >= 4 is 5.97 Å². The van der Waals surface area contributed by atoms with Crippen LogP contribution in [0.4, 0.5) is 0 Å². The highest BCUT2D eigenvalue weighted by Crippen LogP contribution is 2.32. The molecule has 1 fully saturated rings. The number of nitrogens with one attached hydrogen (secondary N) is 1. The predicted molar refractivity (Wildman–Crippen MR) is 77.5 cm³/mol. The number of nitrogens with zero attached hydrogens (tertiary/aromatic N) is 1.